The molecule has 26 heavy (non-hydrogen) atoms. The fourth-order valence-electron chi connectivity index (χ4n) is 7.84. The summed E-state index contributed by atoms with van der Waals surface area (Å²) in [6, 6.07) is 2.54. The van der Waals surface area contributed by atoms with Crippen molar-refractivity contribution < 1.29 is 9.53 Å². The Balaban J connectivity index is 1.64. The molecule has 0 bridgehead atoms. The summed E-state index contributed by atoms with van der Waals surface area (Å²) in [4.78, 5) is 13.5. The van der Waals surface area contributed by atoms with Crippen LogP contribution >= 0.6 is 0 Å². The van der Waals surface area contributed by atoms with Crippen molar-refractivity contribution in [3.8, 4) is 6.07 Å². The minimum absolute atomic E-state index is 0.0707. The van der Waals surface area contributed by atoms with Crippen LogP contribution in [0.5, 0.6) is 0 Å². The van der Waals surface area contributed by atoms with Crippen LogP contribution in [0.1, 0.15) is 79.1 Å². The zero-order valence-corrected chi connectivity index (χ0v) is 17.0. The number of Topliss-reactive ketones (excluding diaryl/α,β-unsaturated/α-hetero) is 1. The van der Waals surface area contributed by atoms with E-state index in [1.165, 1.54) is 19.3 Å². The van der Waals surface area contributed by atoms with E-state index in [9.17, 15) is 10.1 Å². The van der Waals surface area contributed by atoms with Gasteiger partial charge in [-0.1, -0.05) is 13.8 Å². The van der Waals surface area contributed by atoms with E-state index >= 15 is 0 Å². The van der Waals surface area contributed by atoms with Crippen molar-refractivity contribution in [1.82, 2.24) is 0 Å². The molecule has 144 valence electrons. The molecule has 3 nitrogen and oxygen atoms in total. The lowest BCUT2D eigenvalue weighted by Gasteiger charge is -2.60. The van der Waals surface area contributed by atoms with Crippen LogP contribution < -0.4 is 0 Å². The third-order valence-corrected chi connectivity index (χ3v) is 8.87. The van der Waals surface area contributed by atoms with Gasteiger partial charge >= 0.3 is 0 Å². The van der Waals surface area contributed by atoms with E-state index in [-0.39, 0.29) is 28.8 Å². The van der Waals surface area contributed by atoms with Crippen LogP contribution in [-0.2, 0) is 9.53 Å². The van der Waals surface area contributed by atoms with Crippen LogP contribution in [0.25, 0.3) is 0 Å². The largest absolute Gasteiger partial charge is 0.376 e. The highest BCUT2D eigenvalue weighted by Crippen LogP contribution is 2.66. The molecule has 8 atom stereocenters. The minimum atomic E-state index is -0.0707. The van der Waals surface area contributed by atoms with Gasteiger partial charge < -0.3 is 4.74 Å². The molecule has 0 heterocycles. The van der Waals surface area contributed by atoms with Gasteiger partial charge in [0.15, 0.2) is 0 Å². The second kappa shape index (κ2) is 6.33. The Bertz CT molecular complexity index is 622. The number of hydrogen-bond acceptors (Lipinski definition) is 3. The third kappa shape index (κ3) is 2.59. The molecule has 0 aromatic heterocycles. The predicted molar refractivity (Wildman–Crippen MR) is 101 cm³/mol. The molecule has 4 rings (SSSR count). The molecule has 4 aliphatic carbocycles. The molecule has 0 saturated heterocycles. The summed E-state index contributed by atoms with van der Waals surface area (Å²) in [6.07, 6.45) is 9.23. The van der Waals surface area contributed by atoms with E-state index in [2.05, 4.69) is 33.8 Å². The van der Waals surface area contributed by atoms with Gasteiger partial charge in [-0.3, -0.25) is 4.79 Å². The first-order valence-corrected chi connectivity index (χ1v) is 10.9. The first-order chi connectivity index (χ1) is 12.3. The highest BCUT2D eigenvalue weighted by atomic mass is 16.5. The zero-order chi connectivity index (χ0) is 18.7. The number of nitriles is 1. The summed E-state index contributed by atoms with van der Waals surface area (Å²) in [5.41, 5.74) is 0.0303. The quantitative estimate of drug-likeness (QED) is 0.687. The zero-order valence-electron chi connectivity index (χ0n) is 17.0. The van der Waals surface area contributed by atoms with Gasteiger partial charge in [0.25, 0.3) is 0 Å². The number of nitrogens with zero attached hydrogens (tertiary/aromatic N) is 1. The van der Waals surface area contributed by atoms with Gasteiger partial charge in [-0.25, -0.2) is 0 Å². The number of carbonyl (C=O) groups is 1. The SMILES string of the molecule is CC(C)OC1CCC2CCC3C4CCC(C#N)C4(C)CC(=O)C3C2(C)C1. The Morgan fingerprint density at radius 2 is 1.81 bits per heavy atom. The summed E-state index contributed by atoms with van der Waals surface area (Å²) >= 11 is 0. The number of ether oxygens (including phenoxy) is 1. The molecule has 0 aromatic carbocycles. The third-order valence-electron chi connectivity index (χ3n) is 8.87. The van der Waals surface area contributed by atoms with E-state index in [4.69, 9.17) is 4.74 Å². The van der Waals surface area contributed by atoms with Gasteiger partial charge in [0.2, 0.25) is 0 Å². The highest BCUT2D eigenvalue weighted by molar-refractivity contribution is 5.84. The van der Waals surface area contributed by atoms with Crippen LogP contribution in [-0.4, -0.2) is 18.0 Å². The Kier molecular flexibility index (Phi) is 4.50. The van der Waals surface area contributed by atoms with Gasteiger partial charge in [-0.05, 0) is 87.4 Å². The van der Waals surface area contributed by atoms with Gasteiger partial charge in [0, 0.05) is 12.3 Å². The van der Waals surface area contributed by atoms with Crippen LogP contribution in [0.3, 0.4) is 0 Å². The molecular formula is C23H35NO2. The van der Waals surface area contributed by atoms with Crippen LogP contribution in [0, 0.1) is 51.8 Å². The van der Waals surface area contributed by atoms with E-state index in [1.807, 2.05) is 0 Å². The first kappa shape index (κ1) is 18.5. The topological polar surface area (TPSA) is 50.1 Å². The average molecular weight is 358 g/mol. The molecule has 4 saturated carbocycles. The fourth-order valence-corrected chi connectivity index (χ4v) is 7.84. The molecule has 0 aliphatic heterocycles. The lowest BCUT2D eigenvalue weighted by molar-refractivity contribution is -0.166. The van der Waals surface area contributed by atoms with Crippen LogP contribution in [0.15, 0.2) is 0 Å². The van der Waals surface area contributed by atoms with Crippen molar-refractivity contribution in [2.24, 2.45) is 40.4 Å². The van der Waals surface area contributed by atoms with E-state index in [1.54, 1.807) is 0 Å². The lowest BCUT2D eigenvalue weighted by atomic mass is 9.44. The van der Waals surface area contributed by atoms with Crippen molar-refractivity contribution >= 4 is 5.78 Å². The van der Waals surface area contributed by atoms with E-state index < -0.39 is 0 Å². The molecule has 4 fully saturated rings. The Hall–Kier alpha value is -0.880. The molecule has 8 unspecified atom stereocenters. The second-order valence-corrected chi connectivity index (χ2v) is 10.5. The van der Waals surface area contributed by atoms with Gasteiger partial charge in [0.05, 0.1) is 24.2 Å². The van der Waals surface area contributed by atoms with Crippen LogP contribution in [0.4, 0.5) is 0 Å². The predicted octanol–water partition coefficient (Wildman–Crippen LogP) is 5.14. The summed E-state index contributed by atoms with van der Waals surface area (Å²) in [7, 11) is 0. The van der Waals surface area contributed by atoms with Crippen molar-refractivity contribution in [2.45, 2.75) is 91.3 Å². The summed E-state index contributed by atoms with van der Waals surface area (Å²) in [5, 5.41) is 9.63. The van der Waals surface area contributed by atoms with Crippen molar-refractivity contribution in [3.63, 3.8) is 0 Å². The lowest BCUT2D eigenvalue weighted by Crippen LogP contribution is -2.58. The Morgan fingerprint density at radius 3 is 2.50 bits per heavy atom. The smallest absolute Gasteiger partial charge is 0.137 e. The van der Waals surface area contributed by atoms with Crippen molar-refractivity contribution in [3.05, 3.63) is 0 Å². The van der Waals surface area contributed by atoms with Gasteiger partial charge in [0.1, 0.15) is 5.78 Å². The maximum absolute atomic E-state index is 13.5. The number of carbonyl (C=O) groups excluding carboxylic acids is 1. The maximum Gasteiger partial charge on any atom is 0.137 e. The number of fused-ring (bicyclic) bond motifs is 5. The molecule has 0 N–H and O–H groups in total. The molecular weight excluding hydrogens is 322 g/mol. The standard InChI is InChI=1S/C23H35NO2/c1-14(2)26-17-8-5-15-6-9-18-19-10-7-16(13-24)22(19,3)12-20(25)21(18)23(15,4)11-17/h14-19,21H,5-12H2,1-4H3. The molecule has 0 radical (unpaired) electrons. The average Bonchev–Trinajstić information content (AvgIpc) is 2.88. The number of rotatable bonds is 2. The molecule has 0 aromatic rings. The fraction of sp³-hybridized carbons (Fsp3) is 0.913. The van der Waals surface area contributed by atoms with Gasteiger partial charge in [-0.15, -0.1) is 0 Å². The van der Waals surface area contributed by atoms with E-state index in [0.717, 1.165) is 25.7 Å². The molecule has 0 amide bonds. The number of ketones is 1. The molecule has 4 aliphatic rings. The summed E-state index contributed by atoms with van der Waals surface area (Å²) in [5.74, 6) is 2.49. The maximum atomic E-state index is 13.5. The molecule has 3 heteroatoms. The highest BCUT2D eigenvalue weighted by Gasteiger charge is 2.63. The Labute approximate surface area is 158 Å². The summed E-state index contributed by atoms with van der Waals surface area (Å²) in [6.45, 7) is 8.89. The summed E-state index contributed by atoms with van der Waals surface area (Å²) < 4.78 is 6.21. The minimum Gasteiger partial charge on any atom is -0.376 e. The normalized spacial score (nSPS) is 50.7. The molecule has 0 spiro atoms. The van der Waals surface area contributed by atoms with E-state index in [0.29, 0.717) is 36.1 Å². The first-order valence-electron chi connectivity index (χ1n) is 10.9. The second-order valence-electron chi connectivity index (χ2n) is 10.5. The number of hydrogen-bond donors (Lipinski definition) is 0. The monoisotopic (exact) mass is 357 g/mol. The Morgan fingerprint density at radius 1 is 1.08 bits per heavy atom. The van der Waals surface area contributed by atoms with Crippen molar-refractivity contribution in [2.75, 3.05) is 0 Å². The van der Waals surface area contributed by atoms with Crippen LogP contribution in [0.2, 0.25) is 0 Å². The van der Waals surface area contributed by atoms with Gasteiger partial charge in [-0.2, -0.15) is 5.26 Å². The van der Waals surface area contributed by atoms with Crippen molar-refractivity contribution in [1.29, 1.82) is 5.26 Å².